The highest BCUT2D eigenvalue weighted by molar-refractivity contribution is 5.85. The molecular formula is C12H20ClN5O. The summed E-state index contributed by atoms with van der Waals surface area (Å²) in [5, 5.41) is 20.5. The van der Waals surface area contributed by atoms with Gasteiger partial charge >= 0.3 is 0 Å². The van der Waals surface area contributed by atoms with Gasteiger partial charge in [-0.1, -0.05) is 0 Å². The highest BCUT2D eigenvalue weighted by Crippen LogP contribution is 2.11. The zero-order valence-corrected chi connectivity index (χ0v) is 12.0. The Morgan fingerprint density at radius 1 is 1.37 bits per heavy atom. The van der Waals surface area contributed by atoms with E-state index in [0.29, 0.717) is 19.1 Å². The van der Waals surface area contributed by atoms with Crippen molar-refractivity contribution in [1.29, 1.82) is 0 Å². The molecule has 2 heterocycles. The molecule has 0 aliphatic carbocycles. The van der Waals surface area contributed by atoms with Crippen molar-refractivity contribution in [3.8, 4) is 0 Å². The number of hydrogen-bond donors (Lipinski definition) is 2. The molecule has 0 saturated carbocycles. The predicted octanol–water partition coefficient (Wildman–Crippen LogP) is 1.69. The standard InChI is InChI=1S/C12H19N5O.ClH/c1-10(2)17-12(3-4-14-17)8-13-11-7-15-16(9-11)5-6-18;/h3-4,7,9-10,13,18H,5-6,8H2,1-2H3;1H. The van der Waals surface area contributed by atoms with Crippen LogP contribution < -0.4 is 5.32 Å². The molecule has 0 atom stereocenters. The van der Waals surface area contributed by atoms with Crippen molar-refractivity contribution in [3.05, 3.63) is 30.4 Å². The summed E-state index contributed by atoms with van der Waals surface area (Å²) in [6.45, 7) is 5.54. The summed E-state index contributed by atoms with van der Waals surface area (Å²) in [5.41, 5.74) is 2.08. The number of aliphatic hydroxyl groups is 1. The largest absolute Gasteiger partial charge is 0.394 e. The highest BCUT2D eigenvalue weighted by atomic mass is 35.5. The first-order valence-corrected chi connectivity index (χ1v) is 6.10. The maximum Gasteiger partial charge on any atom is 0.0729 e. The molecule has 106 valence electrons. The molecule has 2 N–H and O–H groups in total. The Bertz CT molecular complexity index is 494. The first-order chi connectivity index (χ1) is 8.70. The SMILES string of the molecule is CC(C)n1nccc1CNc1cnn(CCO)c1.Cl. The van der Waals surface area contributed by atoms with E-state index in [9.17, 15) is 0 Å². The molecule has 7 heteroatoms. The van der Waals surface area contributed by atoms with E-state index >= 15 is 0 Å². The van der Waals surface area contributed by atoms with Crippen LogP contribution in [0.2, 0.25) is 0 Å². The molecule has 0 spiro atoms. The third-order valence-electron chi connectivity index (χ3n) is 2.68. The third kappa shape index (κ3) is 3.97. The molecule has 0 bridgehead atoms. The minimum atomic E-state index is 0. The molecular weight excluding hydrogens is 266 g/mol. The van der Waals surface area contributed by atoms with Gasteiger partial charge in [-0.15, -0.1) is 12.4 Å². The van der Waals surface area contributed by atoms with Gasteiger partial charge in [0.1, 0.15) is 0 Å². The second kappa shape index (κ2) is 7.16. The van der Waals surface area contributed by atoms with Crippen molar-refractivity contribution in [2.24, 2.45) is 0 Å². The van der Waals surface area contributed by atoms with Crippen LogP contribution in [0.5, 0.6) is 0 Å². The van der Waals surface area contributed by atoms with E-state index in [0.717, 1.165) is 11.4 Å². The first-order valence-electron chi connectivity index (χ1n) is 6.10. The lowest BCUT2D eigenvalue weighted by atomic mass is 10.3. The van der Waals surface area contributed by atoms with Crippen LogP contribution in [0, 0.1) is 0 Å². The van der Waals surface area contributed by atoms with E-state index in [4.69, 9.17) is 5.11 Å². The monoisotopic (exact) mass is 285 g/mol. The van der Waals surface area contributed by atoms with Crippen molar-refractivity contribution in [2.75, 3.05) is 11.9 Å². The lowest BCUT2D eigenvalue weighted by Gasteiger charge is -2.11. The van der Waals surface area contributed by atoms with Gasteiger partial charge in [-0.2, -0.15) is 10.2 Å². The lowest BCUT2D eigenvalue weighted by Crippen LogP contribution is -2.10. The van der Waals surface area contributed by atoms with Crippen LogP contribution >= 0.6 is 12.4 Å². The van der Waals surface area contributed by atoms with Gasteiger partial charge in [0.15, 0.2) is 0 Å². The second-order valence-corrected chi connectivity index (χ2v) is 4.43. The van der Waals surface area contributed by atoms with Crippen molar-refractivity contribution < 1.29 is 5.11 Å². The Morgan fingerprint density at radius 3 is 2.84 bits per heavy atom. The quantitative estimate of drug-likeness (QED) is 0.847. The van der Waals surface area contributed by atoms with Gasteiger partial charge in [0, 0.05) is 18.4 Å². The predicted molar refractivity (Wildman–Crippen MR) is 76.5 cm³/mol. The second-order valence-electron chi connectivity index (χ2n) is 4.43. The van der Waals surface area contributed by atoms with Gasteiger partial charge in [-0.25, -0.2) is 0 Å². The number of nitrogens with zero attached hydrogens (tertiary/aromatic N) is 4. The summed E-state index contributed by atoms with van der Waals surface area (Å²) in [4.78, 5) is 0. The molecule has 0 amide bonds. The van der Waals surface area contributed by atoms with Gasteiger partial charge in [-0.05, 0) is 19.9 Å². The van der Waals surface area contributed by atoms with Crippen LogP contribution in [-0.2, 0) is 13.1 Å². The van der Waals surface area contributed by atoms with Crippen molar-refractivity contribution in [1.82, 2.24) is 19.6 Å². The van der Waals surface area contributed by atoms with Gasteiger partial charge in [0.25, 0.3) is 0 Å². The molecule has 0 aromatic carbocycles. The first kappa shape index (κ1) is 15.5. The van der Waals surface area contributed by atoms with Gasteiger partial charge < -0.3 is 10.4 Å². The van der Waals surface area contributed by atoms with E-state index in [1.165, 1.54) is 0 Å². The molecule has 0 fully saturated rings. The van der Waals surface area contributed by atoms with E-state index < -0.39 is 0 Å². The minimum absolute atomic E-state index is 0. The van der Waals surface area contributed by atoms with Crippen molar-refractivity contribution in [3.63, 3.8) is 0 Å². The van der Waals surface area contributed by atoms with Crippen LogP contribution in [0.3, 0.4) is 0 Å². The summed E-state index contributed by atoms with van der Waals surface area (Å²) in [6.07, 6.45) is 5.45. The molecule has 0 radical (unpaired) electrons. The number of rotatable bonds is 6. The summed E-state index contributed by atoms with van der Waals surface area (Å²) in [6, 6.07) is 2.36. The maximum atomic E-state index is 8.81. The maximum absolute atomic E-state index is 8.81. The van der Waals surface area contributed by atoms with Gasteiger partial charge in [-0.3, -0.25) is 9.36 Å². The minimum Gasteiger partial charge on any atom is -0.394 e. The number of aromatic nitrogens is 4. The Kier molecular flexibility index (Phi) is 5.85. The Morgan fingerprint density at radius 2 is 2.16 bits per heavy atom. The summed E-state index contributed by atoms with van der Waals surface area (Å²) in [5.74, 6) is 0. The summed E-state index contributed by atoms with van der Waals surface area (Å²) >= 11 is 0. The summed E-state index contributed by atoms with van der Waals surface area (Å²) in [7, 11) is 0. The topological polar surface area (TPSA) is 67.9 Å². The molecule has 2 rings (SSSR count). The third-order valence-corrected chi connectivity index (χ3v) is 2.68. The normalized spacial score (nSPS) is 10.5. The fraction of sp³-hybridized carbons (Fsp3) is 0.500. The molecule has 19 heavy (non-hydrogen) atoms. The Balaban J connectivity index is 0.00000180. The average Bonchev–Trinajstić information content (AvgIpc) is 2.95. The van der Waals surface area contributed by atoms with Crippen LogP contribution in [0.1, 0.15) is 25.6 Å². The fourth-order valence-electron chi connectivity index (χ4n) is 1.82. The number of halogens is 1. The smallest absolute Gasteiger partial charge is 0.0729 e. The Hall–Kier alpha value is -1.53. The molecule has 0 aliphatic rings. The van der Waals surface area contributed by atoms with Crippen LogP contribution in [0.25, 0.3) is 0 Å². The number of nitrogens with one attached hydrogen (secondary N) is 1. The van der Waals surface area contributed by atoms with E-state index in [1.807, 2.05) is 23.1 Å². The number of anilines is 1. The fourth-order valence-corrected chi connectivity index (χ4v) is 1.82. The molecule has 2 aromatic rings. The average molecular weight is 286 g/mol. The molecule has 2 aromatic heterocycles. The van der Waals surface area contributed by atoms with E-state index in [1.54, 1.807) is 10.9 Å². The van der Waals surface area contributed by atoms with Gasteiger partial charge in [0.2, 0.25) is 0 Å². The zero-order chi connectivity index (χ0) is 13.0. The van der Waals surface area contributed by atoms with Crippen LogP contribution in [0.15, 0.2) is 24.7 Å². The highest BCUT2D eigenvalue weighted by Gasteiger charge is 2.06. The molecule has 0 aliphatic heterocycles. The lowest BCUT2D eigenvalue weighted by molar-refractivity contribution is 0.269. The molecule has 0 saturated heterocycles. The van der Waals surface area contributed by atoms with E-state index in [-0.39, 0.29) is 19.0 Å². The zero-order valence-electron chi connectivity index (χ0n) is 11.2. The van der Waals surface area contributed by atoms with Crippen LogP contribution in [-0.4, -0.2) is 31.3 Å². The number of aliphatic hydroxyl groups excluding tert-OH is 1. The van der Waals surface area contributed by atoms with E-state index in [2.05, 4.69) is 29.4 Å². The van der Waals surface area contributed by atoms with Crippen LogP contribution in [0.4, 0.5) is 5.69 Å². The molecule has 6 nitrogen and oxygen atoms in total. The Labute approximate surface area is 118 Å². The van der Waals surface area contributed by atoms with Crippen molar-refractivity contribution in [2.45, 2.75) is 33.0 Å². The van der Waals surface area contributed by atoms with Gasteiger partial charge in [0.05, 0.1) is 37.3 Å². The number of hydrogen-bond acceptors (Lipinski definition) is 4. The molecule has 0 unspecified atom stereocenters. The van der Waals surface area contributed by atoms with Crippen molar-refractivity contribution >= 4 is 18.1 Å². The summed E-state index contributed by atoms with van der Waals surface area (Å²) < 4.78 is 3.70.